The van der Waals surface area contributed by atoms with E-state index in [4.69, 9.17) is 22.7 Å². The molecule has 2 N–H and O–H groups in total. The maximum absolute atomic E-state index is 12.6. The van der Waals surface area contributed by atoms with Crippen LogP contribution in [0.25, 0.3) is 0 Å². The van der Waals surface area contributed by atoms with Crippen LogP contribution in [0.15, 0.2) is 24.5 Å². The van der Waals surface area contributed by atoms with Gasteiger partial charge in [0.25, 0.3) is 0 Å². The van der Waals surface area contributed by atoms with Crippen LogP contribution in [-0.2, 0) is 16.1 Å². The van der Waals surface area contributed by atoms with Gasteiger partial charge in [-0.2, -0.15) is 0 Å². The third kappa shape index (κ3) is 4.75. The van der Waals surface area contributed by atoms with Gasteiger partial charge in [-0.1, -0.05) is 18.3 Å². The Morgan fingerprint density at radius 3 is 3.00 bits per heavy atom. The summed E-state index contributed by atoms with van der Waals surface area (Å²) in [7, 11) is 0. The van der Waals surface area contributed by atoms with E-state index in [1.807, 2.05) is 24.0 Å². The molecule has 114 valence electrons. The van der Waals surface area contributed by atoms with Crippen molar-refractivity contribution in [1.82, 2.24) is 9.88 Å². The molecule has 0 bridgehead atoms. The molecule has 0 radical (unpaired) electrons. The van der Waals surface area contributed by atoms with E-state index >= 15 is 0 Å². The molecule has 2 unspecified atom stereocenters. The second-order valence-corrected chi connectivity index (χ2v) is 5.94. The molecule has 1 fully saturated rings. The zero-order valence-corrected chi connectivity index (χ0v) is 13.0. The summed E-state index contributed by atoms with van der Waals surface area (Å²) in [5.74, 6) is 0.0440. The number of ether oxygens (including phenoxy) is 1. The smallest absolute Gasteiger partial charge is 0.228 e. The van der Waals surface area contributed by atoms with Crippen molar-refractivity contribution in [2.45, 2.75) is 32.4 Å². The number of hydrogen-bond acceptors (Lipinski definition) is 4. The van der Waals surface area contributed by atoms with Crippen LogP contribution in [0.2, 0.25) is 0 Å². The van der Waals surface area contributed by atoms with E-state index in [0.717, 1.165) is 12.0 Å². The van der Waals surface area contributed by atoms with Gasteiger partial charge in [-0.25, -0.2) is 0 Å². The van der Waals surface area contributed by atoms with E-state index in [9.17, 15) is 4.79 Å². The fraction of sp³-hybridized carbons (Fsp3) is 0.533. The molecule has 0 saturated carbocycles. The van der Waals surface area contributed by atoms with Gasteiger partial charge in [0.1, 0.15) is 0 Å². The predicted molar refractivity (Wildman–Crippen MR) is 84.6 cm³/mol. The second kappa shape index (κ2) is 7.47. The zero-order chi connectivity index (χ0) is 15.2. The number of carbonyl (C=O) groups excluding carboxylic acids is 1. The largest absolute Gasteiger partial charge is 0.393 e. The van der Waals surface area contributed by atoms with Crippen LogP contribution in [0.4, 0.5) is 0 Å². The summed E-state index contributed by atoms with van der Waals surface area (Å²) in [6.45, 7) is 3.55. The molecule has 6 heteroatoms. The number of amides is 1. The third-order valence-electron chi connectivity index (χ3n) is 3.58. The van der Waals surface area contributed by atoms with Gasteiger partial charge in [0.2, 0.25) is 5.91 Å². The van der Waals surface area contributed by atoms with E-state index in [2.05, 4.69) is 4.98 Å². The van der Waals surface area contributed by atoms with Gasteiger partial charge in [0, 0.05) is 31.9 Å². The highest BCUT2D eigenvalue weighted by Crippen LogP contribution is 2.22. The minimum Gasteiger partial charge on any atom is -0.393 e. The molecular formula is C15H21N3O2S. The molecule has 5 nitrogen and oxygen atoms in total. The molecule has 1 aromatic heterocycles. The number of carbonyl (C=O) groups is 1. The summed E-state index contributed by atoms with van der Waals surface area (Å²) in [5.41, 5.74) is 6.57. The van der Waals surface area contributed by atoms with Crippen LogP contribution in [0.3, 0.4) is 0 Å². The maximum atomic E-state index is 12.6. The summed E-state index contributed by atoms with van der Waals surface area (Å²) < 4.78 is 5.50. The van der Waals surface area contributed by atoms with Crippen molar-refractivity contribution >= 4 is 23.1 Å². The Labute approximate surface area is 130 Å². The molecule has 1 aromatic rings. The summed E-state index contributed by atoms with van der Waals surface area (Å²) in [6, 6.07) is 3.83. The molecule has 1 amide bonds. The summed E-state index contributed by atoms with van der Waals surface area (Å²) in [4.78, 5) is 19.0. The lowest BCUT2D eigenvalue weighted by atomic mass is 10.0. The zero-order valence-electron chi connectivity index (χ0n) is 12.2. The van der Waals surface area contributed by atoms with Crippen molar-refractivity contribution in [1.29, 1.82) is 0 Å². The first-order valence-corrected chi connectivity index (χ1v) is 7.54. The molecule has 0 aromatic carbocycles. The van der Waals surface area contributed by atoms with E-state index in [1.54, 1.807) is 12.4 Å². The van der Waals surface area contributed by atoms with Crippen molar-refractivity contribution in [3.63, 3.8) is 0 Å². The Hall–Kier alpha value is -1.53. The summed E-state index contributed by atoms with van der Waals surface area (Å²) in [6.07, 6.45) is 4.95. The van der Waals surface area contributed by atoms with E-state index in [1.165, 1.54) is 0 Å². The van der Waals surface area contributed by atoms with Gasteiger partial charge in [-0.05, 0) is 25.0 Å². The van der Waals surface area contributed by atoms with Crippen LogP contribution >= 0.6 is 12.2 Å². The Kier molecular flexibility index (Phi) is 5.64. The Morgan fingerprint density at radius 1 is 1.62 bits per heavy atom. The highest BCUT2D eigenvalue weighted by atomic mass is 32.1. The Balaban J connectivity index is 2.04. The van der Waals surface area contributed by atoms with Gasteiger partial charge < -0.3 is 15.4 Å². The number of rotatable bonds is 6. The maximum Gasteiger partial charge on any atom is 0.228 e. The molecular weight excluding hydrogens is 286 g/mol. The minimum absolute atomic E-state index is 0.0667. The molecule has 1 aliphatic heterocycles. The fourth-order valence-corrected chi connectivity index (χ4v) is 2.56. The van der Waals surface area contributed by atoms with Gasteiger partial charge in [-0.15, -0.1) is 0 Å². The Bertz CT molecular complexity index is 495. The number of pyridine rings is 1. The number of nitrogens with zero attached hydrogens (tertiary/aromatic N) is 2. The van der Waals surface area contributed by atoms with Crippen molar-refractivity contribution < 1.29 is 9.53 Å². The van der Waals surface area contributed by atoms with Crippen LogP contribution in [0.5, 0.6) is 0 Å². The molecule has 1 aliphatic rings. The SMILES string of the molecule is CC1CC(C(=O)N(CCC(N)=S)Cc2cccnc2)CO1. The number of thiocarbonyl (C=S) groups is 1. The van der Waals surface area contributed by atoms with Gasteiger partial charge in [0.15, 0.2) is 0 Å². The van der Waals surface area contributed by atoms with Gasteiger partial charge in [-0.3, -0.25) is 9.78 Å². The lowest BCUT2D eigenvalue weighted by Gasteiger charge is -2.25. The normalized spacial score (nSPS) is 21.2. The first kappa shape index (κ1) is 15.9. The minimum atomic E-state index is -0.0667. The van der Waals surface area contributed by atoms with Crippen molar-refractivity contribution in [3.8, 4) is 0 Å². The lowest BCUT2D eigenvalue weighted by Crippen LogP contribution is -2.38. The fourth-order valence-electron chi connectivity index (χ4n) is 2.47. The number of hydrogen-bond donors (Lipinski definition) is 1. The summed E-state index contributed by atoms with van der Waals surface area (Å²) >= 11 is 4.92. The average molecular weight is 307 g/mol. The molecule has 1 saturated heterocycles. The molecule has 0 spiro atoms. The van der Waals surface area contributed by atoms with Crippen LogP contribution in [-0.4, -0.2) is 40.0 Å². The molecule has 2 rings (SSSR count). The standard InChI is InChI=1S/C15H21N3O2S/c1-11-7-13(10-20-11)15(19)18(6-4-14(16)21)9-12-3-2-5-17-8-12/h2-3,5,8,11,13H,4,6-7,9-10H2,1H3,(H2,16,21). The third-order valence-corrected chi connectivity index (χ3v) is 3.79. The highest BCUT2D eigenvalue weighted by molar-refractivity contribution is 7.80. The quantitative estimate of drug-likeness (QED) is 0.807. The van der Waals surface area contributed by atoms with E-state index in [0.29, 0.717) is 31.1 Å². The Morgan fingerprint density at radius 2 is 2.43 bits per heavy atom. The number of aromatic nitrogens is 1. The van der Waals surface area contributed by atoms with Gasteiger partial charge in [0.05, 0.1) is 23.6 Å². The van der Waals surface area contributed by atoms with Crippen LogP contribution < -0.4 is 5.73 Å². The summed E-state index contributed by atoms with van der Waals surface area (Å²) in [5, 5.41) is 0. The lowest BCUT2D eigenvalue weighted by molar-refractivity contribution is -0.136. The average Bonchev–Trinajstić information content (AvgIpc) is 2.90. The van der Waals surface area contributed by atoms with E-state index < -0.39 is 0 Å². The number of nitrogens with two attached hydrogens (primary N) is 1. The molecule has 21 heavy (non-hydrogen) atoms. The van der Waals surface area contributed by atoms with Crippen molar-refractivity contribution in [2.75, 3.05) is 13.2 Å². The molecule has 0 aliphatic carbocycles. The first-order chi connectivity index (χ1) is 10.1. The molecule has 2 atom stereocenters. The topological polar surface area (TPSA) is 68.5 Å². The van der Waals surface area contributed by atoms with E-state index in [-0.39, 0.29) is 17.9 Å². The first-order valence-electron chi connectivity index (χ1n) is 7.14. The van der Waals surface area contributed by atoms with Crippen molar-refractivity contribution in [2.24, 2.45) is 11.7 Å². The van der Waals surface area contributed by atoms with Crippen LogP contribution in [0, 0.1) is 5.92 Å². The van der Waals surface area contributed by atoms with Gasteiger partial charge >= 0.3 is 0 Å². The second-order valence-electron chi connectivity index (χ2n) is 5.41. The monoisotopic (exact) mass is 307 g/mol. The predicted octanol–water partition coefficient (Wildman–Crippen LogP) is 1.51. The van der Waals surface area contributed by atoms with Crippen molar-refractivity contribution in [3.05, 3.63) is 30.1 Å². The highest BCUT2D eigenvalue weighted by Gasteiger charge is 2.31. The molecule has 2 heterocycles. The van der Waals surface area contributed by atoms with Crippen LogP contribution in [0.1, 0.15) is 25.3 Å².